The number of fused-ring (bicyclic) bond motifs is 1. The van der Waals surface area contributed by atoms with E-state index in [9.17, 15) is 9.59 Å². The number of para-hydroxylation sites is 1. The Bertz CT molecular complexity index is 987. The number of benzene rings is 2. The Balaban J connectivity index is 1.65. The summed E-state index contributed by atoms with van der Waals surface area (Å²) in [6.45, 7) is 0. The van der Waals surface area contributed by atoms with E-state index in [0.29, 0.717) is 22.5 Å². The van der Waals surface area contributed by atoms with Crippen LogP contribution in [-0.4, -0.2) is 16.8 Å². The molecular formula is C19H14N4O2. The van der Waals surface area contributed by atoms with Gasteiger partial charge in [-0.1, -0.05) is 24.3 Å². The van der Waals surface area contributed by atoms with Gasteiger partial charge in [0.1, 0.15) is 6.42 Å². The van der Waals surface area contributed by atoms with Crippen LogP contribution < -0.4 is 10.6 Å². The zero-order valence-corrected chi connectivity index (χ0v) is 13.2. The largest absolute Gasteiger partial charge is 0.326 e. The van der Waals surface area contributed by atoms with Crippen molar-refractivity contribution in [2.45, 2.75) is 6.42 Å². The molecule has 0 bridgehead atoms. The van der Waals surface area contributed by atoms with Crippen molar-refractivity contribution in [1.82, 2.24) is 4.98 Å². The highest BCUT2D eigenvalue weighted by atomic mass is 16.2. The van der Waals surface area contributed by atoms with Crippen LogP contribution in [0.1, 0.15) is 12.0 Å². The first-order valence-electron chi connectivity index (χ1n) is 7.59. The van der Waals surface area contributed by atoms with E-state index in [0.717, 1.165) is 5.39 Å². The fourth-order valence-corrected chi connectivity index (χ4v) is 2.42. The van der Waals surface area contributed by atoms with Crippen molar-refractivity contribution in [2.24, 2.45) is 0 Å². The Labute approximate surface area is 144 Å². The summed E-state index contributed by atoms with van der Waals surface area (Å²) in [7, 11) is 0. The van der Waals surface area contributed by atoms with E-state index in [1.807, 2.05) is 30.3 Å². The first-order chi connectivity index (χ1) is 12.2. The molecule has 0 fully saturated rings. The first-order valence-corrected chi connectivity index (χ1v) is 7.59. The van der Waals surface area contributed by atoms with Crippen LogP contribution in [0.5, 0.6) is 0 Å². The van der Waals surface area contributed by atoms with Gasteiger partial charge in [-0.05, 0) is 30.3 Å². The number of nitrogens with one attached hydrogen (secondary N) is 2. The topological polar surface area (TPSA) is 94.9 Å². The highest BCUT2D eigenvalue weighted by molar-refractivity contribution is 6.10. The van der Waals surface area contributed by atoms with E-state index in [-0.39, 0.29) is 6.42 Å². The lowest BCUT2D eigenvalue weighted by Gasteiger charge is -2.08. The predicted molar refractivity (Wildman–Crippen MR) is 94.8 cm³/mol. The minimum absolute atomic E-state index is 0.333. The molecule has 3 rings (SSSR count). The number of carbonyl (C=O) groups is 2. The highest BCUT2D eigenvalue weighted by Crippen LogP contribution is 2.20. The molecule has 0 saturated heterocycles. The van der Waals surface area contributed by atoms with Crippen LogP contribution in [0, 0.1) is 11.3 Å². The monoisotopic (exact) mass is 330 g/mol. The molecule has 0 aliphatic rings. The third-order valence-electron chi connectivity index (χ3n) is 3.50. The summed E-state index contributed by atoms with van der Waals surface area (Å²) in [5, 5.41) is 15.1. The molecule has 0 atom stereocenters. The Hall–Kier alpha value is -3.72. The molecule has 0 aliphatic carbocycles. The van der Waals surface area contributed by atoms with Gasteiger partial charge in [0.15, 0.2) is 0 Å². The molecule has 122 valence electrons. The lowest BCUT2D eigenvalue weighted by molar-refractivity contribution is -0.123. The minimum atomic E-state index is -0.458. The van der Waals surface area contributed by atoms with Crippen LogP contribution in [0.2, 0.25) is 0 Å². The van der Waals surface area contributed by atoms with Crippen LogP contribution in [-0.2, 0) is 9.59 Å². The van der Waals surface area contributed by atoms with Crippen molar-refractivity contribution in [2.75, 3.05) is 10.6 Å². The van der Waals surface area contributed by atoms with Gasteiger partial charge < -0.3 is 10.6 Å². The smallest absolute Gasteiger partial charge is 0.233 e. The van der Waals surface area contributed by atoms with Crippen LogP contribution in [0.25, 0.3) is 10.9 Å². The van der Waals surface area contributed by atoms with E-state index < -0.39 is 11.8 Å². The molecule has 2 N–H and O–H groups in total. The first kappa shape index (κ1) is 16.1. The van der Waals surface area contributed by atoms with Gasteiger partial charge in [-0.3, -0.25) is 14.6 Å². The van der Waals surface area contributed by atoms with E-state index in [1.165, 1.54) is 0 Å². The fourth-order valence-electron chi connectivity index (χ4n) is 2.42. The molecule has 6 heteroatoms. The van der Waals surface area contributed by atoms with E-state index in [4.69, 9.17) is 5.26 Å². The van der Waals surface area contributed by atoms with Crippen molar-refractivity contribution in [3.63, 3.8) is 0 Å². The van der Waals surface area contributed by atoms with E-state index >= 15 is 0 Å². The van der Waals surface area contributed by atoms with Gasteiger partial charge >= 0.3 is 0 Å². The lowest BCUT2D eigenvalue weighted by Crippen LogP contribution is -2.21. The van der Waals surface area contributed by atoms with Crippen LogP contribution in [0.4, 0.5) is 11.4 Å². The highest BCUT2D eigenvalue weighted by Gasteiger charge is 2.12. The quantitative estimate of drug-likeness (QED) is 0.719. The lowest BCUT2D eigenvalue weighted by atomic mass is 10.2. The number of aromatic nitrogens is 1. The molecule has 0 saturated carbocycles. The zero-order chi connectivity index (χ0) is 17.6. The van der Waals surface area contributed by atoms with Crippen LogP contribution in [0.15, 0.2) is 60.8 Å². The number of anilines is 2. The summed E-state index contributed by atoms with van der Waals surface area (Å²) in [5.74, 6) is -0.895. The molecule has 1 aromatic heterocycles. The maximum Gasteiger partial charge on any atom is 0.233 e. The molecular weight excluding hydrogens is 316 g/mol. The molecule has 0 aliphatic heterocycles. The standard InChI is InChI=1S/C19H14N4O2/c20-12-13-4-1-7-15(10-13)22-17(24)11-18(25)23-16-8-2-5-14-6-3-9-21-19(14)16/h1-10H,11H2,(H,22,24)(H,23,25). The number of rotatable bonds is 4. The van der Waals surface area contributed by atoms with Gasteiger partial charge in [-0.15, -0.1) is 0 Å². The molecule has 0 radical (unpaired) electrons. The maximum atomic E-state index is 12.1. The third kappa shape index (κ3) is 3.98. The Morgan fingerprint density at radius 2 is 1.76 bits per heavy atom. The second-order valence-corrected chi connectivity index (χ2v) is 5.35. The van der Waals surface area contributed by atoms with Gasteiger partial charge in [0, 0.05) is 17.3 Å². The number of carbonyl (C=O) groups excluding carboxylic acids is 2. The summed E-state index contributed by atoms with van der Waals surface area (Å²) in [5.41, 5.74) is 2.13. The average molecular weight is 330 g/mol. The number of pyridine rings is 1. The van der Waals surface area contributed by atoms with Crippen molar-refractivity contribution >= 4 is 34.1 Å². The number of hydrogen-bond donors (Lipinski definition) is 2. The van der Waals surface area contributed by atoms with E-state index in [1.54, 1.807) is 36.5 Å². The van der Waals surface area contributed by atoms with Crippen molar-refractivity contribution in [1.29, 1.82) is 5.26 Å². The summed E-state index contributed by atoms with van der Waals surface area (Å²) in [6.07, 6.45) is 1.31. The molecule has 2 aromatic carbocycles. The molecule has 1 heterocycles. The van der Waals surface area contributed by atoms with Crippen LogP contribution >= 0.6 is 0 Å². The third-order valence-corrected chi connectivity index (χ3v) is 3.50. The van der Waals surface area contributed by atoms with E-state index in [2.05, 4.69) is 15.6 Å². The number of amides is 2. The molecule has 2 amide bonds. The summed E-state index contributed by atoms with van der Waals surface area (Å²) in [4.78, 5) is 28.4. The summed E-state index contributed by atoms with van der Waals surface area (Å²) >= 11 is 0. The van der Waals surface area contributed by atoms with Crippen molar-refractivity contribution < 1.29 is 9.59 Å². The van der Waals surface area contributed by atoms with Crippen molar-refractivity contribution in [3.8, 4) is 6.07 Å². The van der Waals surface area contributed by atoms with Crippen LogP contribution in [0.3, 0.4) is 0 Å². The normalized spacial score (nSPS) is 10.0. The molecule has 0 spiro atoms. The van der Waals surface area contributed by atoms with Gasteiger partial charge in [0.2, 0.25) is 11.8 Å². The molecule has 6 nitrogen and oxygen atoms in total. The Morgan fingerprint density at radius 1 is 1.00 bits per heavy atom. The second-order valence-electron chi connectivity index (χ2n) is 5.35. The zero-order valence-electron chi connectivity index (χ0n) is 13.2. The Kier molecular flexibility index (Phi) is 4.67. The van der Waals surface area contributed by atoms with Gasteiger partial charge in [0.25, 0.3) is 0 Å². The SMILES string of the molecule is N#Cc1cccc(NC(=O)CC(=O)Nc2cccc3cccnc23)c1. The second kappa shape index (κ2) is 7.23. The van der Waals surface area contributed by atoms with Gasteiger partial charge in [-0.2, -0.15) is 5.26 Å². The Morgan fingerprint density at radius 3 is 2.60 bits per heavy atom. The molecule has 25 heavy (non-hydrogen) atoms. The predicted octanol–water partition coefficient (Wildman–Crippen LogP) is 3.07. The fraction of sp³-hybridized carbons (Fsp3) is 0.0526. The minimum Gasteiger partial charge on any atom is -0.326 e. The number of hydrogen-bond acceptors (Lipinski definition) is 4. The summed E-state index contributed by atoms with van der Waals surface area (Å²) < 4.78 is 0. The molecule has 3 aromatic rings. The molecule has 0 unspecified atom stereocenters. The number of nitrogens with zero attached hydrogens (tertiary/aromatic N) is 2. The van der Waals surface area contributed by atoms with Crippen molar-refractivity contribution in [3.05, 3.63) is 66.4 Å². The summed E-state index contributed by atoms with van der Waals surface area (Å²) in [6, 6.07) is 17.7. The van der Waals surface area contributed by atoms with Gasteiger partial charge in [0.05, 0.1) is 22.8 Å². The average Bonchev–Trinajstić information content (AvgIpc) is 2.62. The number of nitriles is 1. The van der Waals surface area contributed by atoms with Gasteiger partial charge in [-0.25, -0.2) is 0 Å². The maximum absolute atomic E-state index is 12.1.